The van der Waals surface area contributed by atoms with Gasteiger partial charge in [0.1, 0.15) is 0 Å². The molecule has 0 aliphatic heterocycles. The Kier molecular flexibility index (Phi) is 5.35. The zero-order valence-corrected chi connectivity index (χ0v) is 15.7. The third-order valence-corrected chi connectivity index (χ3v) is 5.04. The molecule has 2 aromatic carbocycles. The van der Waals surface area contributed by atoms with E-state index in [1.165, 1.54) is 11.1 Å². The lowest BCUT2D eigenvalue weighted by molar-refractivity contribution is 0.0714. The molecule has 138 valence electrons. The first-order valence-electron chi connectivity index (χ1n) is 8.75. The second-order valence-corrected chi connectivity index (χ2v) is 6.44. The Hall–Kier alpha value is -2.69. The van der Waals surface area contributed by atoms with Gasteiger partial charge in [0.2, 0.25) is 5.75 Å². The number of carbonyl (C=O) groups excluding carboxylic acids is 1. The normalized spacial score (nSPS) is 15.8. The van der Waals surface area contributed by atoms with E-state index < -0.39 is 0 Å². The maximum absolute atomic E-state index is 13.2. The number of hydrogen-bond donors (Lipinski definition) is 0. The molecule has 1 atom stereocenters. The van der Waals surface area contributed by atoms with E-state index in [0.29, 0.717) is 22.8 Å². The highest BCUT2D eigenvalue weighted by atomic mass is 16.5. The van der Waals surface area contributed by atoms with Crippen molar-refractivity contribution in [3.8, 4) is 17.2 Å². The summed E-state index contributed by atoms with van der Waals surface area (Å²) in [6, 6.07) is 11.9. The summed E-state index contributed by atoms with van der Waals surface area (Å²) >= 11 is 0. The second-order valence-electron chi connectivity index (χ2n) is 6.44. The number of aryl methyl sites for hydroxylation is 1. The SMILES string of the molecule is COc1cc(C(=O)N(C)C2CCCc3ccccc32)cc(OC)c1OC. The van der Waals surface area contributed by atoms with E-state index in [0.717, 1.165) is 19.3 Å². The van der Waals surface area contributed by atoms with Crippen molar-refractivity contribution in [1.29, 1.82) is 0 Å². The van der Waals surface area contributed by atoms with E-state index in [2.05, 4.69) is 18.2 Å². The molecule has 1 aliphatic rings. The van der Waals surface area contributed by atoms with Gasteiger partial charge in [-0.25, -0.2) is 0 Å². The lowest BCUT2D eigenvalue weighted by atomic mass is 9.87. The Bertz CT molecular complexity index is 777. The number of hydrogen-bond acceptors (Lipinski definition) is 4. The first-order valence-corrected chi connectivity index (χ1v) is 8.75. The van der Waals surface area contributed by atoms with E-state index in [1.807, 2.05) is 18.0 Å². The second kappa shape index (κ2) is 7.68. The molecule has 5 heteroatoms. The minimum Gasteiger partial charge on any atom is -0.493 e. The first kappa shape index (κ1) is 18.1. The van der Waals surface area contributed by atoms with Gasteiger partial charge in [0.25, 0.3) is 5.91 Å². The van der Waals surface area contributed by atoms with Crippen molar-refractivity contribution in [2.24, 2.45) is 0 Å². The van der Waals surface area contributed by atoms with Crippen molar-refractivity contribution in [2.45, 2.75) is 25.3 Å². The third-order valence-electron chi connectivity index (χ3n) is 5.04. The monoisotopic (exact) mass is 355 g/mol. The van der Waals surface area contributed by atoms with Gasteiger partial charge in [0.15, 0.2) is 11.5 Å². The summed E-state index contributed by atoms with van der Waals surface area (Å²) < 4.78 is 16.1. The van der Waals surface area contributed by atoms with Crippen LogP contribution in [0.4, 0.5) is 0 Å². The number of nitrogens with zero attached hydrogens (tertiary/aromatic N) is 1. The Balaban J connectivity index is 1.95. The zero-order chi connectivity index (χ0) is 18.7. The Labute approximate surface area is 154 Å². The van der Waals surface area contributed by atoms with Crippen LogP contribution in [0.25, 0.3) is 0 Å². The lowest BCUT2D eigenvalue weighted by Crippen LogP contribution is -2.33. The molecule has 3 rings (SSSR count). The molecule has 0 fully saturated rings. The van der Waals surface area contributed by atoms with Crippen LogP contribution in [0.3, 0.4) is 0 Å². The fourth-order valence-corrected chi connectivity index (χ4v) is 3.68. The van der Waals surface area contributed by atoms with Gasteiger partial charge in [-0.05, 0) is 42.5 Å². The van der Waals surface area contributed by atoms with Crippen LogP contribution in [-0.4, -0.2) is 39.2 Å². The molecular weight excluding hydrogens is 330 g/mol. The number of methoxy groups -OCH3 is 3. The lowest BCUT2D eigenvalue weighted by Gasteiger charge is -2.33. The number of benzene rings is 2. The average molecular weight is 355 g/mol. The zero-order valence-electron chi connectivity index (χ0n) is 15.7. The molecule has 0 spiro atoms. The number of amides is 1. The molecule has 0 heterocycles. The summed E-state index contributed by atoms with van der Waals surface area (Å²) in [5, 5.41) is 0. The van der Waals surface area contributed by atoms with Crippen molar-refractivity contribution in [2.75, 3.05) is 28.4 Å². The largest absolute Gasteiger partial charge is 0.493 e. The van der Waals surface area contributed by atoms with Crippen LogP contribution in [0.1, 0.15) is 40.4 Å². The molecule has 0 aromatic heterocycles. The van der Waals surface area contributed by atoms with Gasteiger partial charge < -0.3 is 19.1 Å². The Morgan fingerprint density at radius 1 is 1.04 bits per heavy atom. The molecule has 1 aliphatic carbocycles. The predicted molar refractivity (Wildman–Crippen MR) is 100 cm³/mol. The highest BCUT2D eigenvalue weighted by Crippen LogP contribution is 2.39. The first-order chi connectivity index (χ1) is 12.6. The van der Waals surface area contributed by atoms with Gasteiger partial charge in [0.05, 0.1) is 27.4 Å². The summed E-state index contributed by atoms with van der Waals surface area (Å²) in [4.78, 5) is 15.0. The fourth-order valence-electron chi connectivity index (χ4n) is 3.68. The molecule has 1 unspecified atom stereocenters. The van der Waals surface area contributed by atoms with Gasteiger partial charge in [-0.2, -0.15) is 0 Å². The van der Waals surface area contributed by atoms with Crippen molar-refractivity contribution in [3.63, 3.8) is 0 Å². The molecule has 1 amide bonds. The highest BCUT2D eigenvalue weighted by Gasteiger charge is 2.28. The van der Waals surface area contributed by atoms with Crippen LogP contribution >= 0.6 is 0 Å². The van der Waals surface area contributed by atoms with Crippen molar-refractivity contribution in [1.82, 2.24) is 4.90 Å². The van der Waals surface area contributed by atoms with Gasteiger partial charge in [0, 0.05) is 12.6 Å². The Morgan fingerprint density at radius 2 is 1.69 bits per heavy atom. The number of ether oxygens (including phenoxy) is 3. The smallest absolute Gasteiger partial charge is 0.254 e. The molecular formula is C21H25NO4. The van der Waals surface area contributed by atoms with Crippen LogP contribution in [0.2, 0.25) is 0 Å². The average Bonchev–Trinajstić information content (AvgIpc) is 2.70. The van der Waals surface area contributed by atoms with Gasteiger partial charge >= 0.3 is 0 Å². The fraction of sp³-hybridized carbons (Fsp3) is 0.381. The maximum atomic E-state index is 13.2. The van der Waals surface area contributed by atoms with Crippen molar-refractivity contribution >= 4 is 5.91 Å². The van der Waals surface area contributed by atoms with Crippen LogP contribution in [0.15, 0.2) is 36.4 Å². The van der Waals surface area contributed by atoms with E-state index in [4.69, 9.17) is 14.2 Å². The van der Waals surface area contributed by atoms with Crippen LogP contribution in [0, 0.1) is 0 Å². The summed E-state index contributed by atoms with van der Waals surface area (Å²) in [5.41, 5.74) is 3.08. The van der Waals surface area contributed by atoms with Crippen LogP contribution in [0.5, 0.6) is 17.2 Å². The van der Waals surface area contributed by atoms with Crippen molar-refractivity contribution < 1.29 is 19.0 Å². The quantitative estimate of drug-likeness (QED) is 0.817. The molecule has 5 nitrogen and oxygen atoms in total. The molecule has 2 aromatic rings. The Morgan fingerprint density at radius 3 is 2.31 bits per heavy atom. The minimum atomic E-state index is -0.0639. The van der Waals surface area contributed by atoms with Crippen molar-refractivity contribution in [3.05, 3.63) is 53.1 Å². The standard InChI is InChI=1S/C21H25NO4/c1-22(17-11-7-9-14-8-5-6-10-16(14)17)21(23)15-12-18(24-2)20(26-4)19(13-15)25-3/h5-6,8,10,12-13,17H,7,9,11H2,1-4H3. The molecule has 0 saturated carbocycles. The summed E-state index contributed by atoms with van der Waals surface area (Å²) in [7, 11) is 6.50. The molecule has 26 heavy (non-hydrogen) atoms. The van der Waals surface area contributed by atoms with E-state index in [-0.39, 0.29) is 11.9 Å². The van der Waals surface area contributed by atoms with Crippen LogP contribution in [-0.2, 0) is 6.42 Å². The molecule has 0 bridgehead atoms. The van der Waals surface area contributed by atoms with E-state index >= 15 is 0 Å². The van der Waals surface area contributed by atoms with E-state index in [9.17, 15) is 4.79 Å². The number of rotatable bonds is 5. The minimum absolute atomic E-state index is 0.0639. The molecule has 0 saturated heterocycles. The number of fused-ring (bicyclic) bond motifs is 1. The maximum Gasteiger partial charge on any atom is 0.254 e. The van der Waals surface area contributed by atoms with Gasteiger partial charge in [-0.3, -0.25) is 4.79 Å². The third kappa shape index (κ3) is 3.21. The predicted octanol–water partition coefficient (Wildman–Crippen LogP) is 3.86. The van der Waals surface area contributed by atoms with Crippen LogP contribution < -0.4 is 14.2 Å². The highest BCUT2D eigenvalue weighted by molar-refractivity contribution is 5.95. The topological polar surface area (TPSA) is 48.0 Å². The van der Waals surface area contributed by atoms with Gasteiger partial charge in [-0.1, -0.05) is 24.3 Å². The molecule has 0 radical (unpaired) electrons. The van der Waals surface area contributed by atoms with E-state index in [1.54, 1.807) is 33.5 Å². The summed E-state index contributed by atoms with van der Waals surface area (Å²) in [6.07, 6.45) is 3.11. The number of carbonyl (C=O) groups is 1. The summed E-state index contributed by atoms with van der Waals surface area (Å²) in [5.74, 6) is 1.38. The summed E-state index contributed by atoms with van der Waals surface area (Å²) in [6.45, 7) is 0. The van der Waals surface area contributed by atoms with Gasteiger partial charge in [-0.15, -0.1) is 0 Å². The molecule has 0 N–H and O–H groups in total.